The first kappa shape index (κ1) is 47.6. The van der Waals surface area contributed by atoms with Crippen molar-refractivity contribution in [1.29, 1.82) is 0 Å². The van der Waals surface area contributed by atoms with Gasteiger partial charge in [-0.25, -0.2) is 0 Å². The van der Waals surface area contributed by atoms with Crippen molar-refractivity contribution in [3.8, 4) is 23.0 Å². The zero-order valence-electron chi connectivity index (χ0n) is 40.2. The third-order valence-corrected chi connectivity index (χ3v) is 17.4. The Hall–Kier alpha value is -3.92. The minimum atomic E-state index is -0.177. The molecule has 2 fully saturated rings. The zero-order valence-corrected chi connectivity index (χ0v) is 40.2. The Morgan fingerprint density at radius 2 is 0.613 bits per heavy atom. The highest BCUT2D eigenvalue weighted by molar-refractivity contribution is 5.51. The van der Waals surface area contributed by atoms with Crippen LogP contribution in [0.4, 0.5) is 0 Å². The van der Waals surface area contributed by atoms with E-state index in [9.17, 15) is 20.4 Å². The first-order valence-electron chi connectivity index (χ1n) is 25.1. The van der Waals surface area contributed by atoms with Crippen LogP contribution < -0.4 is 0 Å². The Morgan fingerprint density at radius 1 is 0.387 bits per heavy atom. The first-order chi connectivity index (χ1) is 29.7. The van der Waals surface area contributed by atoms with Gasteiger partial charge in [0.05, 0.1) is 0 Å². The average Bonchev–Trinajstić information content (AvgIpc) is 3.30. The smallest absolute Gasteiger partial charge is 0.119 e. The number of phenols is 4. The summed E-state index contributed by atoms with van der Waals surface area (Å²) in [5, 5.41) is 44.2. The average molecular weight is 843 g/mol. The molecule has 62 heavy (non-hydrogen) atoms. The van der Waals surface area contributed by atoms with Crippen LogP contribution >= 0.6 is 0 Å². The molecule has 0 amide bonds. The van der Waals surface area contributed by atoms with Crippen molar-refractivity contribution in [3.05, 3.63) is 117 Å². The van der Waals surface area contributed by atoms with E-state index in [0.717, 1.165) is 73.6 Å². The van der Waals surface area contributed by atoms with Gasteiger partial charge in [0, 0.05) is 10.8 Å². The van der Waals surface area contributed by atoms with Crippen LogP contribution in [0.25, 0.3) is 0 Å². The maximum Gasteiger partial charge on any atom is 0.119 e. The molecule has 0 spiro atoms. The Labute approximate surface area is 376 Å². The number of aromatic hydroxyl groups is 4. The molecule has 338 valence electrons. The van der Waals surface area contributed by atoms with Gasteiger partial charge in [-0.2, -0.15) is 0 Å². The Morgan fingerprint density at radius 3 is 0.806 bits per heavy atom. The lowest BCUT2D eigenvalue weighted by molar-refractivity contribution is 0.0782. The summed E-state index contributed by atoms with van der Waals surface area (Å²) in [7, 11) is 0. The molecule has 6 unspecified atom stereocenters. The lowest BCUT2D eigenvalue weighted by atomic mass is 9.56. The summed E-state index contributed by atoms with van der Waals surface area (Å²) in [5.41, 5.74) is 9.07. The molecule has 4 nitrogen and oxygen atoms in total. The highest BCUT2D eigenvalue weighted by Crippen LogP contribution is 2.55. The second kappa shape index (κ2) is 20.3. The predicted octanol–water partition coefficient (Wildman–Crippen LogP) is 16.3. The van der Waals surface area contributed by atoms with E-state index in [-0.39, 0.29) is 34.5 Å². The topological polar surface area (TPSA) is 80.9 Å². The highest BCUT2D eigenvalue weighted by Gasteiger charge is 2.46. The Balaban J connectivity index is 1.31. The van der Waals surface area contributed by atoms with E-state index in [1.807, 2.05) is 24.3 Å². The van der Waals surface area contributed by atoms with Gasteiger partial charge in [0.15, 0.2) is 0 Å². The van der Waals surface area contributed by atoms with Crippen molar-refractivity contribution in [3.63, 3.8) is 0 Å². The van der Waals surface area contributed by atoms with Crippen LogP contribution in [0.5, 0.6) is 23.0 Å². The van der Waals surface area contributed by atoms with Crippen molar-refractivity contribution >= 4 is 0 Å². The third kappa shape index (κ3) is 9.19. The molecule has 2 aliphatic rings. The van der Waals surface area contributed by atoms with Gasteiger partial charge in [-0.05, 0) is 193 Å². The monoisotopic (exact) mass is 843 g/mol. The van der Waals surface area contributed by atoms with E-state index in [1.54, 1.807) is 0 Å². The Bertz CT molecular complexity index is 1810. The molecule has 2 aliphatic carbocycles. The fourth-order valence-corrected chi connectivity index (χ4v) is 12.4. The molecule has 0 aliphatic heterocycles. The molecular weight excluding hydrogens is 761 g/mol. The van der Waals surface area contributed by atoms with Crippen LogP contribution in [0.1, 0.15) is 227 Å². The minimum absolute atomic E-state index is 0.177. The van der Waals surface area contributed by atoms with Crippen molar-refractivity contribution in [1.82, 2.24) is 0 Å². The van der Waals surface area contributed by atoms with Crippen LogP contribution in [0.15, 0.2) is 72.8 Å². The molecule has 4 N–H and O–H groups in total. The normalized spacial score (nSPS) is 24.8. The van der Waals surface area contributed by atoms with Crippen LogP contribution in [0.3, 0.4) is 0 Å². The van der Waals surface area contributed by atoms with Crippen LogP contribution in [-0.2, 0) is 10.8 Å². The summed E-state index contributed by atoms with van der Waals surface area (Å²) < 4.78 is 0. The summed E-state index contributed by atoms with van der Waals surface area (Å²) in [6, 6.07) is 25.8. The molecule has 6 rings (SSSR count). The van der Waals surface area contributed by atoms with E-state index in [4.69, 9.17) is 0 Å². The van der Waals surface area contributed by atoms with Gasteiger partial charge >= 0.3 is 0 Å². The van der Waals surface area contributed by atoms with Gasteiger partial charge in [-0.3, -0.25) is 0 Å². The van der Waals surface area contributed by atoms with Crippen LogP contribution in [0.2, 0.25) is 0 Å². The second-order valence-corrected chi connectivity index (χ2v) is 20.3. The number of hydrogen-bond acceptors (Lipinski definition) is 4. The van der Waals surface area contributed by atoms with Gasteiger partial charge in [-0.15, -0.1) is 0 Å². The molecule has 4 aromatic carbocycles. The Kier molecular flexibility index (Phi) is 15.6. The maximum atomic E-state index is 11.1. The molecular formula is C58H82O4. The summed E-state index contributed by atoms with van der Waals surface area (Å²) in [4.78, 5) is 0. The lowest BCUT2D eigenvalue weighted by Gasteiger charge is -2.48. The van der Waals surface area contributed by atoms with Crippen molar-refractivity contribution < 1.29 is 20.4 Å². The molecule has 6 atom stereocenters. The van der Waals surface area contributed by atoms with Crippen molar-refractivity contribution in [2.45, 2.75) is 194 Å². The SMILES string of the molecule is CCC(C)c1cc(C2(c3ccc(O)c(C(C)CC)c3)CCC(C(CC)C(CC)C3CCC(c4ccc(O)c(C(C)CC)c4)(c4ccc(O)c(C(C)CC)c4)CC3)CC2)ccc1O. The molecule has 2 saturated carbocycles. The van der Waals surface area contributed by atoms with E-state index in [0.29, 0.717) is 46.7 Å². The summed E-state index contributed by atoms with van der Waals surface area (Å²) in [5.74, 6) is 5.27. The van der Waals surface area contributed by atoms with Gasteiger partial charge in [0.25, 0.3) is 0 Å². The van der Waals surface area contributed by atoms with Gasteiger partial charge in [0.2, 0.25) is 0 Å². The van der Waals surface area contributed by atoms with Gasteiger partial charge in [0.1, 0.15) is 23.0 Å². The quantitative estimate of drug-likeness (QED) is 0.0854. The molecule has 0 aromatic heterocycles. The zero-order chi connectivity index (χ0) is 44.9. The molecule has 0 bridgehead atoms. The number of hydrogen-bond donors (Lipinski definition) is 4. The number of phenolic OH excluding ortho intramolecular Hbond substituents is 4. The van der Waals surface area contributed by atoms with Gasteiger partial charge < -0.3 is 20.4 Å². The molecule has 0 heterocycles. The van der Waals surface area contributed by atoms with Crippen molar-refractivity contribution in [2.24, 2.45) is 23.7 Å². The summed E-state index contributed by atoms with van der Waals surface area (Å²) in [6.07, 6.45) is 15.2. The predicted molar refractivity (Wildman–Crippen MR) is 260 cm³/mol. The summed E-state index contributed by atoms with van der Waals surface area (Å²) in [6.45, 7) is 22.6. The molecule has 4 aromatic rings. The van der Waals surface area contributed by atoms with E-state index >= 15 is 0 Å². The van der Waals surface area contributed by atoms with Gasteiger partial charge in [-0.1, -0.05) is 131 Å². The fraction of sp³-hybridized carbons (Fsp3) is 0.586. The third-order valence-electron chi connectivity index (χ3n) is 17.4. The first-order valence-corrected chi connectivity index (χ1v) is 25.1. The number of rotatable bonds is 17. The van der Waals surface area contributed by atoms with Crippen molar-refractivity contribution in [2.75, 3.05) is 0 Å². The molecule has 0 saturated heterocycles. The van der Waals surface area contributed by atoms with Crippen LogP contribution in [0, 0.1) is 23.7 Å². The molecule has 4 heteroatoms. The lowest BCUT2D eigenvalue weighted by Crippen LogP contribution is -2.40. The number of benzene rings is 4. The second-order valence-electron chi connectivity index (χ2n) is 20.3. The largest absolute Gasteiger partial charge is 0.508 e. The summed E-state index contributed by atoms with van der Waals surface area (Å²) >= 11 is 0. The maximum absolute atomic E-state index is 11.1. The standard InChI is InChI=1S/C58H82O4/c1-11-37(7)49-33-43(17-21-53(49)59)57(44-18-22-54(60)50(34-44)38(8)12-2)29-25-41(26-30-57)47(15-5)48(16-6)42-27-31-58(32-28-42,45-19-23-55(61)51(35-45)39(9)13-3)46-20-24-56(62)52(36-46)40(10)14-4/h17-24,33-42,47-48,59-62H,11-16,25-32H2,1-10H3. The van der Waals surface area contributed by atoms with E-state index < -0.39 is 0 Å². The van der Waals surface area contributed by atoms with E-state index in [1.165, 1.54) is 60.8 Å². The van der Waals surface area contributed by atoms with Crippen LogP contribution in [-0.4, -0.2) is 20.4 Å². The fourth-order valence-electron chi connectivity index (χ4n) is 12.4. The molecule has 0 radical (unpaired) electrons. The highest BCUT2D eigenvalue weighted by atomic mass is 16.3. The van der Waals surface area contributed by atoms with E-state index in [2.05, 4.69) is 118 Å². The minimum Gasteiger partial charge on any atom is -0.508 e.